The van der Waals surface area contributed by atoms with Crippen molar-refractivity contribution in [3.8, 4) is 11.1 Å². The second-order valence-electron chi connectivity index (χ2n) is 5.56. The Morgan fingerprint density at radius 2 is 1.84 bits per heavy atom. The van der Waals surface area contributed by atoms with Crippen LogP contribution in [-0.2, 0) is 0 Å². The number of rotatable bonds is 4. The van der Waals surface area contributed by atoms with E-state index in [2.05, 4.69) is 32.9 Å². The molecule has 0 amide bonds. The highest BCUT2D eigenvalue weighted by Crippen LogP contribution is 2.25. The van der Waals surface area contributed by atoms with Crippen LogP contribution in [0, 0.1) is 0 Å². The average Bonchev–Trinajstić information content (AvgIpc) is 3.05. The summed E-state index contributed by atoms with van der Waals surface area (Å²) >= 11 is 4.09. The van der Waals surface area contributed by atoms with Gasteiger partial charge in [-0.25, -0.2) is 4.52 Å². The molecule has 2 aromatic heterocycles. The van der Waals surface area contributed by atoms with Gasteiger partial charge in [0.2, 0.25) is 5.95 Å². The average molecular weight is 348 g/mol. The third kappa shape index (κ3) is 3.09. The van der Waals surface area contributed by atoms with E-state index in [1.807, 2.05) is 66.9 Å². The molecular formula is C18H16N6S. The maximum atomic E-state index is 5.95. The number of hydrogen-bond acceptors (Lipinski definition) is 6. The van der Waals surface area contributed by atoms with E-state index in [1.54, 1.807) is 4.52 Å². The van der Waals surface area contributed by atoms with E-state index >= 15 is 0 Å². The van der Waals surface area contributed by atoms with E-state index in [9.17, 15) is 0 Å². The molecule has 0 aliphatic carbocycles. The van der Waals surface area contributed by atoms with E-state index in [-0.39, 0.29) is 0 Å². The van der Waals surface area contributed by atoms with E-state index < -0.39 is 0 Å². The molecule has 0 unspecified atom stereocenters. The number of anilines is 4. The van der Waals surface area contributed by atoms with Crippen molar-refractivity contribution < 1.29 is 0 Å². The Morgan fingerprint density at radius 3 is 2.68 bits per heavy atom. The van der Waals surface area contributed by atoms with Crippen LogP contribution in [0.1, 0.15) is 0 Å². The van der Waals surface area contributed by atoms with E-state index in [1.165, 1.54) is 0 Å². The Kier molecular flexibility index (Phi) is 3.91. The summed E-state index contributed by atoms with van der Waals surface area (Å²) < 4.78 is 4.60. The summed E-state index contributed by atoms with van der Waals surface area (Å²) in [5.41, 5.74) is 11.2. The van der Waals surface area contributed by atoms with Gasteiger partial charge in [0.1, 0.15) is 0 Å². The number of nitrogen functional groups attached to an aromatic ring is 1. The Hall–Kier alpha value is -3.19. The molecule has 0 atom stereocenters. The van der Waals surface area contributed by atoms with Gasteiger partial charge in [-0.1, -0.05) is 37.1 Å². The number of para-hydroxylation sites is 2. The summed E-state index contributed by atoms with van der Waals surface area (Å²) in [6, 6.07) is 19.5. The summed E-state index contributed by atoms with van der Waals surface area (Å²) in [6.07, 6.45) is 1.94. The highest BCUT2D eigenvalue weighted by atomic mass is 32.1. The van der Waals surface area contributed by atoms with Gasteiger partial charge in [-0.15, -0.1) is 5.10 Å². The fourth-order valence-electron chi connectivity index (χ4n) is 2.61. The van der Waals surface area contributed by atoms with Gasteiger partial charge >= 0.3 is 0 Å². The lowest BCUT2D eigenvalue weighted by molar-refractivity contribution is 0.967. The molecule has 0 bridgehead atoms. The van der Waals surface area contributed by atoms with E-state index in [0.29, 0.717) is 11.6 Å². The number of nitrogens with one attached hydrogen (secondary N) is 2. The van der Waals surface area contributed by atoms with Crippen LogP contribution in [0.15, 0.2) is 66.9 Å². The van der Waals surface area contributed by atoms with Crippen LogP contribution in [0.25, 0.3) is 16.8 Å². The molecule has 0 saturated carbocycles. The van der Waals surface area contributed by atoms with Gasteiger partial charge in [-0.05, 0) is 42.0 Å². The number of fused-ring (bicyclic) bond motifs is 1. The third-order valence-corrected chi connectivity index (χ3v) is 4.12. The first-order valence-corrected chi connectivity index (χ1v) is 8.16. The quantitative estimate of drug-likeness (QED) is 0.331. The molecule has 0 saturated heterocycles. The lowest BCUT2D eigenvalue weighted by atomic mass is 10.1. The number of benzene rings is 2. The van der Waals surface area contributed by atoms with Gasteiger partial charge in [0, 0.05) is 17.4 Å². The Balaban J connectivity index is 1.68. The fourth-order valence-corrected chi connectivity index (χ4v) is 2.75. The van der Waals surface area contributed by atoms with Gasteiger partial charge in [-0.3, -0.25) is 0 Å². The number of thiol groups is 1. The number of hydrogen-bond donors (Lipinski definition) is 4. The molecule has 2 heterocycles. The van der Waals surface area contributed by atoms with Gasteiger partial charge in [0.25, 0.3) is 0 Å². The molecule has 0 radical (unpaired) electrons. The molecule has 0 spiro atoms. The van der Waals surface area contributed by atoms with Crippen molar-refractivity contribution >= 4 is 41.5 Å². The predicted molar refractivity (Wildman–Crippen MR) is 105 cm³/mol. The SMILES string of the molecule is Nc1ccccc1Nc1nc2ccc(-c3cccc(NS)c3)cn2n1. The summed E-state index contributed by atoms with van der Waals surface area (Å²) in [5.74, 6) is 0.501. The predicted octanol–water partition coefficient (Wildman–Crippen LogP) is 3.98. The molecule has 124 valence electrons. The van der Waals surface area contributed by atoms with Crippen molar-refractivity contribution in [3.63, 3.8) is 0 Å². The standard InChI is InChI=1S/C18H16N6S/c19-15-6-1-2-7-16(15)20-18-21-17-9-8-13(11-24(17)22-18)12-4-3-5-14(10-12)23-25/h1-11,23,25H,19H2,(H,20,22). The van der Waals surface area contributed by atoms with Gasteiger partial charge in [0.15, 0.2) is 5.65 Å². The molecule has 0 aliphatic rings. The number of nitrogens with two attached hydrogens (primary N) is 1. The zero-order valence-electron chi connectivity index (χ0n) is 13.2. The van der Waals surface area contributed by atoms with Crippen molar-refractivity contribution in [1.82, 2.24) is 14.6 Å². The molecule has 25 heavy (non-hydrogen) atoms. The Bertz CT molecular complexity index is 1040. The van der Waals surface area contributed by atoms with Crippen molar-refractivity contribution in [2.24, 2.45) is 0 Å². The molecule has 0 aliphatic heterocycles. The van der Waals surface area contributed by atoms with Crippen LogP contribution in [0.5, 0.6) is 0 Å². The zero-order valence-corrected chi connectivity index (χ0v) is 14.1. The molecule has 0 fully saturated rings. The Morgan fingerprint density at radius 1 is 0.960 bits per heavy atom. The van der Waals surface area contributed by atoms with Crippen molar-refractivity contribution in [3.05, 3.63) is 66.9 Å². The first-order chi connectivity index (χ1) is 12.2. The lowest BCUT2D eigenvalue weighted by Gasteiger charge is -2.05. The Labute approximate surface area is 150 Å². The van der Waals surface area contributed by atoms with Crippen LogP contribution in [0.2, 0.25) is 0 Å². The monoisotopic (exact) mass is 348 g/mol. The van der Waals surface area contributed by atoms with E-state index in [4.69, 9.17) is 5.73 Å². The number of pyridine rings is 1. The smallest absolute Gasteiger partial charge is 0.247 e. The molecule has 6 nitrogen and oxygen atoms in total. The van der Waals surface area contributed by atoms with Gasteiger partial charge in [0.05, 0.1) is 11.4 Å². The van der Waals surface area contributed by atoms with Crippen LogP contribution in [0.4, 0.5) is 23.0 Å². The molecule has 4 aromatic rings. The number of nitrogens with zero attached hydrogens (tertiary/aromatic N) is 3. The summed E-state index contributed by atoms with van der Waals surface area (Å²) in [4.78, 5) is 4.48. The lowest BCUT2D eigenvalue weighted by Crippen LogP contribution is -1.97. The second-order valence-corrected chi connectivity index (χ2v) is 5.78. The minimum Gasteiger partial charge on any atom is -0.397 e. The maximum absolute atomic E-state index is 5.95. The van der Waals surface area contributed by atoms with Crippen LogP contribution < -0.4 is 15.8 Å². The fraction of sp³-hybridized carbons (Fsp3) is 0. The largest absolute Gasteiger partial charge is 0.397 e. The second kappa shape index (κ2) is 6.37. The minimum atomic E-state index is 0.501. The van der Waals surface area contributed by atoms with Crippen LogP contribution in [0.3, 0.4) is 0 Å². The molecule has 2 aromatic carbocycles. The van der Waals surface area contributed by atoms with Gasteiger partial charge < -0.3 is 15.8 Å². The molecular weight excluding hydrogens is 332 g/mol. The first-order valence-electron chi connectivity index (χ1n) is 7.71. The molecule has 7 heteroatoms. The highest BCUT2D eigenvalue weighted by molar-refractivity contribution is 7.81. The highest BCUT2D eigenvalue weighted by Gasteiger charge is 2.07. The summed E-state index contributed by atoms with van der Waals surface area (Å²) in [5, 5.41) is 7.64. The van der Waals surface area contributed by atoms with Crippen molar-refractivity contribution in [1.29, 1.82) is 0 Å². The minimum absolute atomic E-state index is 0.501. The van der Waals surface area contributed by atoms with E-state index in [0.717, 1.165) is 28.1 Å². The topological polar surface area (TPSA) is 80.3 Å². The third-order valence-electron chi connectivity index (χ3n) is 3.86. The van der Waals surface area contributed by atoms with Crippen molar-refractivity contribution in [2.45, 2.75) is 0 Å². The normalized spacial score (nSPS) is 10.8. The first kappa shape index (κ1) is 15.3. The van der Waals surface area contributed by atoms with Crippen molar-refractivity contribution in [2.75, 3.05) is 15.8 Å². The maximum Gasteiger partial charge on any atom is 0.247 e. The van der Waals surface area contributed by atoms with Crippen LogP contribution in [-0.4, -0.2) is 14.6 Å². The molecule has 4 rings (SSSR count). The van der Waals surface area contributed by atoms with Crippen LogP contribution >= 0.6 is 12.8 Å². The van der Waals surface area contributed by atoms with Gasteiger partial charge in [-0.2, -0.15) is 4.98 Å². The summed E-state index contributed by atoms with van der Waals surface area (Å²) in [7, 11) is 0. The number of aromatic nitrogens is 3. The molecule has 4 N–H and O–H groups in total. The summed E-state index contributed by atoms with van der Waals surface area (Å²) in [6.45, 7) is 0. The zero-order chi connectivity index (χ0) is 17.2.